The molecule has 60 valence electrons. The summed E-state index contributed by atoms with van der Waals surface area (Å²) in [5.74, 6) is 0. The summed E-state index contributed by atoms with van der Waals surface area (Å²) >= 11 is 0. The van der Waals surface area contributed by atoms with Gasteiger partial charge in [-0.15, -0.1) is 0 Å². The van der Waals surface area contributed by atoms with Crippen molar-refractivity contribution in [1.82, 2.24) is 4.72 Å². The second-order valence-electron chi connectivity index (χ2n) is 3.12. The minimum atomic E-state index is -1.03. The molecule has 2 N–H and O–H groups in total. The fourth-order valence-corrected chi connectivity index (χ4v) is 2.49. The molecule has 0 aliphatic carbocycles. The zero-order valence-electron chi connectivity index (χ0n) is 6.26. The van der Waals surface area contributed by atoms with Gasteiger partial charge < -0.3 is 5.11 Å². The molecule has 1 fully saturated rings. The van der Waals surface area contributed by atoms with Crippen LogP contribution in [0.2, 0.25) is 0 Å². The molecular weight excluding hydrogens is 150 g/mol. The molecule has 4 heteroatoms. The molecule has 0 unspecified atom stereocenters. The van der Waals surface area contributed by atoms with Crippen molar-refractivity contribution in [2.75, 3.05) is 6.54 Å². The highest BCUT2D eigenvalue weighted by molar-refractivity contribution is 7.84. The molecule has 0 aromatic carbocycles. The van der Waals surface area contributed by atoms with Gasteiger partial charge in [0.05, 0.1) is 21.8 Å². The summed E-state index contributed by atoms with van der Waals surface area (Å²) in [6.07, 6.45) is 0.802. The van der Waals surface area contributed by atoms with Gasteiger partial charge in [-0.25, -0.2) is 8.93 Å². The van der Waals surface area contributed by atoms with Gasteiger partial charge in [-0.2, -0.15) is 0 Å². The molecule has 0 aromatic heterocycles. The Hall–Kier alpha value is 0.0700. The molecule has 1 heterocycles. The predicted octanol–water partition coefficient (Wildman–Crippen LogP) is -0.217. The summed E-state index contributed by atoms with van der Waals surface area (Å²) in [6, 6.07) is 0. The van der Waals surface area contributed by atoms with Crippen molar-refractivity contribution >= 4 is 11.0 Å². The van der Waals surface area contributed by atoms with Gasteiger partial charge >= 0.3 is 0 Å². The molecule has 2 atom stereocenters. The largest absolute Gasteiger partial charge is 0.389 e. The van der Waals surface area contributed by atoms with Crippen LogP contribution in [-0.2, 0) is 11.0 Å². The maximum absolute atomic E-state index is 11.1. The first-order valence-electron chi connectivity index (χ1n) is 3.38. The fourth-order valence-electron chi connectivity index (χ4n) is 1.11. The van der Waals surface area contributed by atoms with Crippen molar-refractivity contribution in [3.05, 3.63) is 0 Å². The standard InChI is InChI=1S/C6H13NO2S/c1-6(2,8)5-3-4-7-10(5)9/h5,7-8H,3-4H2,1-2H3/t5-,10+/m1/s1. The first-order valence-corrected chi connectivity index (χ1v) is 4.59. The smallest absolute Gasteiger partial charge is 0.0976 e. The summed E-state index contributed by atoms with van der Waals surface area (Å²) in [5, 5.41) is 9.35. The zero-order valence-corrected chi connectivity index (χ0v) is 7.07. The molecule has 3 nitrogen and oxygen atoms in total. The van der Waals surface area contributed by atoms with Crippen LogP contribution in [0.15, 0.2) is 0 Å². The lowest BCUT2D eigenvalue weighted by molar-refractivity contribution is 0.0766. The average molecular weight is 163 g/mol. The lowest BCUT2D eigenvalue weighted by Crippen LogP contribution is -2.37. The Morgan fingerprint density at radius 3 is 2.50 bits per heavy atom. The van der Waals surface area contributed by atoms with E-state index in [-0.39, 0.29) is 5.25 Å². The summed E-state index contributed by atoms with van der Waals surface area (Å²) in [5.41, 5.74) is -0.811. The number of hydrogen-bond donors (Lipinski definition) is 2. The number of hydrogen-bond acceptors (Lipinski definition) is 2. The van der Waals surface area contributed by atoms with Gasteiger partial charge in [-0.05, 0) is 20.3 Å². The van der Waals surface area contributed by atoms with E-state index in [0.717, 1.165) is 13.0 Å². The second-order valence-corrected chi connectivity index (χ2v) is 4.58. The fraction of sp³-hybridized carbons (Fsp3) is 1.00. The van der Waals surface area contributed by atoms with Crippen LogP contribution in [0.1, 0.15) is 20.3 Å². The van der Waals surface area contributed by atoms with E-state index in [4.69, 9.17) is 0 Å². The van der Waals surface area contributed by atoms with Crippen LogP contribution in [0.4, 0.5) is 0 Å². The molecule has 10 heavy (non-hydrogen) atoms. The Kier molecular flexibility index (Phi) is 2.12. The van der Waals surface area contributed by atoms with E-state index in [1.54, 1.807) is 13.8 Å². The first-order chi connectivity index (χ1) is 4.52. The van der Waals surface area contributed by atoms with Gasteiger partial charge in [0.25, 0.3) is 0 Å². The van der Waals surface area contributed by atoms with Crippen LogP contribution in [0.5, 0.6) is 0 Å². The summed E-state index contributed by atoms with van der Waals surface area (Å²) in [4.78, 5) is 0. The third-order valence-corrected chi connectivity index (χ3v) is 3.52. The Morgan fingerprint density at radius 1 is 1.70 bits per heavy atom. The quantitative estimate of drug-likeness (QED) is 0.561. The Morgan fingerprint density at radius 2 is 2.30 bits per heavy atom. The molecule has 1 aliphatic heterocycles. The molecule has 1 rings (SSSR count). The van der Waals surface area contributed by atoms with Crippen molar-refractivity contribution in [2.45, 2.75) is 31.1 Å². The highest BCUT2D eigenvalue weighted by Gasteiger charge is 2.35. The third-order valence-electron chi connectivity index (χ3n) is 1.70. The molecule has 0 radical (unpaired) electrons. The summed E-state index contributed by atoms with van der Waals surface area (Å²) in [6.45, 7) is 4.15. The SMILES string of the molecule is CC(C)(O)[C@H]1CCN[S@]1=O. The molecule has 1 aliphatic rings. The molecule has 1 saturated heterocycles. The first kappa shape index (κ1) is 8.17. The number of nitrogens with one attached hydrogen (secondary N) is 1. The van der Waals surface area contributed by atoms with Crippen LogP contribution < -0.4 is 4.72 Å². The molecule has 0 amide bonds. The van der Waals surface area contributed by atoms with Crippen molar-refractivity contribution in [3.63, 3.8) is 0 Å². The Balaban J connectivity index is 2.64. The zero-order chi connectivity index (χ0) is 7.78. The van der Waals surface area contributed by atoms with Crippen LogP contribution in [0.3, 0.4) is 0 Å². The van der Waals surface area contributed by atoms with Crippen molar-refractivity contribution < 1.29 is 9.32 Å². The lowest BCUT2D eigenvalue weighted by atomic mass is 10.0. The van der Waals surface area contributed by atoms with Gasteiger partial charge in [0.2, 0.25) is 0 Å². The van der Waals surface area contributed by atoms with Crippen molar-refractivity contribution in [2.24, 2.45) is 0 Å². The van der Waals surface area contributed by atoms with Crippen LogP contribution in [0.25, 0.3) is 0 Å². The van der Waals surface area contributed by atoms with Gasteiger partial charge in [-0.3, -0.25) is 0 Å². The topological polar surface area (TPSA) is 49.3 Å². The van der Waals surface area contributed by atoms with Crippen molar-refractivity contribution in [1.29, 1.82) is 0 Å². The minimum Gasteiger partial charge on any atom is -0.389 e. The van der Waals surface area contributed by atoms with Crippen LogP contribution in [-0.4, -0.2) is 26.7 Å². The Labute approximate surface area is 63.4 Å². The molecule has 0 spiro atoms. The molecule has 0 aromatic rings. The maximum Gasteiger partial charge on any atom is 0.0976 e. The van der Waals surface area contributed by atoms with E-state index >= 15 is 0 Å². The monoisotopic (exact) mass is 163 g/mol. The van der Waals surface area contributed by atoms with E-state index in [9.17, 15) is 9.32 Å². The maximum atomic E-state index is 11.1. The molecule has 0 bridgehead atoms. The summed E-state index contributed by atoms with van der Waals surface area (Å²) < 4.78 is 13.8. The van der Waals surface area contributed by atoms with Gasteiger partial charge in [0.1, 0.15) is 0 Å². The highest BCUT2D eigenvalue weighted by Crippen LogP contribution is 2.20. The minimum absolute atomic E-state index is 0.104. The van der Waals surface area contributed by atoms with E-state index in [1.165, 1.54) is 0 Å². The normalized spacial score (nSPS) is 34.7. The van der Waals surface area contributed by atoms with E-state index in [0.29, 0.717) is 0 Å². The highest BCUT2D eigenvalue weighted by atomic mass is 32.2. The third kappa shape index (κ3) is 1.56. The Bertz CT molecular complexity index is 152. The molecular formula is C6H13NO2S. The van der Waals surface area contributed by atoms with E-state index in [1.807, 2.05) is 0 Å². The van der Waals surface area contributed by atoms with E-state index in [2.05, 4.69) is 4.72 Å². The predicted molar refractivity (Wildman–Crippen MR) is 40.8 cm³/mol. The number of aliphatic hydroxyl groups is 1. The van der Waals surface area contributed by atoms with Crippen LogP contribution >= 0.6 is 0 Å². The lowest BCUT2D eigenvalue weighted by Gasteiger charge is -2.22. The number of rotatable bonds is 1. The van der Waals surface area contributed by atoms with Gasteiger partial charge in [0, 0.05) is 6.54 Å². The summed E-state index contributed by atoms with van der Waals surface area (Å²) in [7, 11) is -1.03. The van der Waals surface area contributed by atoms with E-state index < -0.39 is 16.6 Å². The average Bonchev–Trinajstić information content (AvgIpc) is 2.11. The van der Waals surface area contributed by atoms with Crippen molar-refractivity contribution in [3.8, 4) is 0 Å². The van der Waals surface area contributed by atoms with Gasteiger partial charge in [-0.1, -0.05) is 0 Å². The second kappa shape index (κ2) is 2.60. The van der Waals surface area contributed by atoms with Gasteiger partial charge in [0.15, 0.2) is 0 Å². The van der Waals surface area contributed by atoms with Crippen LogP contribution in [0, 0.1) is 0 Å². The molecule has 0 saturated carbocycles.